The number of ether oxygens (including phenoxy) is 2. The summed E-state index contributed by atoms with van der Waals surface area (Å²) in [5.41, 5.74) is 1.46. The summed E-state index contributed by atoms with van der Waals surface area (Å²) in [7, 11) is 1.63. The number of nitrogens with zero attached hydrogens (tertiary/aromatic N) is 2. The molecule has 7 heteroatoms. The average molecular weight is 306 g/mol. The molecule has 0 bridgehead atoms. The van der Waals surface area contributed by atoms with Crippen LogP contribution in [-0.4, -0.2) is 34.1 Å². The van der Waals surface area contributed by atoms with E-state index in [9.17, 15) is 9.18 Å². The van der Waals surface area contributed by atoms with Crippen molar-refractivity contribution in [2.75, 3.05) is 13.2 Å². The molecule has 1 unspecified atom stereocenters. The van der Waals surface area contributed by atoms with Crippen LogP contribution in [0.1, 0.15) is 29.1 Å². The standard InChI is InChI=1S/C15H15FN2O4/c1-8(16)9-5-10(14-13(6-9)21-3-4-22-14)12-7-11(15(19)20)17-18(12)2/h5-8H,3-4H2,1-2H3,(H,19,20). The lowest BCUT2D eigenvalue weighted by Gasteiger charge is -2.22. The number of carboxylic acids is 1. The van der Waals surface area contributed by atoms with E-state index in [0.717, 1.165) is 0 Å². The van der Waals surface area contributed by atoms with E-state index in [1.54, 1.807) is 19.2 Å². The average Bonchev–Trinajstić information content (AvgIpc) is 2.88. The van der Waals surface area contributed by atoms with Crippen LogP contribution in [0.4, 0.5) is 4.39 Å². The molecular weight excluding hydrogens is 291 g/mol. The van der Waals surface area contributed by atoms with Crippen LogP contribution in [0.5, 0.6) is 11.5 Å². The monoisotopic (exact) mass is 306 g/mol. The van der Waals surface area contributed by atoms with Crippen molar-refractivity contribution in [3.8, 4) is 22.8 Å². The van der Waals surface area contributed by atoms with E-state index in [1.165, 1.54) is 17.7 Å². The molecule has 22 heavy (non-hydrogen) atoms. The SMILES string of the molecule is CC(F)c1cc2c(c(-c3cc(C(=O)O)nn3C)c1)OCCO2. The van der Waals surface area contributed by atoms with Gasteiger partial charge >= 0.3 is 5.97 Å². The van der Waals surface area contributed by atoms with Crippen LogP contribution >= 0.6 is 0 Å². The van der Waals surface area contributed by atoms with Gasteiger partial charge in [-0.25, -0.2) is 9.18 Å². The zero-order valence-corrected chi connectivity index (χ0v) is 12.2. The van der Waals surface area contributed by atoms with E-state index in [0.29, 0.717) is 41.5 Å². The molecule has 0 fully saturated rings. The number of aromatic carboxylic acids is 1. The second-order valence-electron chi connectivity index (χ2n) is 5.05. The van der Waals surface area contributed by atoms with Gasteiger partial charge in [0.1, 0.15) is 19.4 Å². The van der Waals surface area contributed by atoms with E-state index in [1.807, 2.05) is 0 Å². The second kappa shape index (κ2) is 5.32. The third-order valence-electron chi connectivity index (χ3n) is 3.50. The third kappa shape index (κ3) is 2.38. The number of hydrogen-bond acceptors (Lipinski definition) is 4. The maximum absolute atomic E-state index is 13.7. The van der Waals surface area contributed by atoms with Crippen molar-refractivity contribution < 1.29 is 23.8 Å². The molecule has 1 aliphatic rings. The number of hydrogen-bond donors (Lipinski definition) is 1. The van der Waals surface area contributed by atoms with Crippen LogP contribution in [0.2, 0.25) is 0 Å². The quantitative estimate of drug-likeness (QED) is 0.943. The molecule has 1 aliphatic heterocycles. The molecule has 0 aliphatic carbocycles. The van der Waals surface area contributed by atoms with Gasteiger partial charge in [-0.15, -0.1) is 0 Å². The molecule has 0 amide bonds. The first-order chi connectivity index (χ1) is 10.5. The van der Waals surface area contributed by atoms with Gasteiger partial charge in [0.15, 0.2) is 17.2 Å². The Morgan fingerprint density at radius 2 is 2.09 bits per heavy atom. The largest absolute Gasteiger partial charge is 0.486 e. The first kappa shape index (κ1) is 14.4. The predicted molar refractivity (Wildman–Crippen MR) is 76.1 cm³/mol. The summed E-state index contributed by atoms with van der Waals surface area (Å²) >= 11 is 0. The highest BCUT2D eigenvalue weighted by Crippen LogP contribution is 2.42. The van der Waals surface area contributed by atoms with E-state index in [4.69, 9.17) is 14.6 Å². The van der Waals surface area contributed by atoms with Crippen LogP contribution in [0.15, 0.2) is 18.2 Å². The minimum Gasteiger partial charge on any atom is -0.486 e. The van der Waals surface area contributed by atoms with Crippen molar-refractivity contribution in [2.45, 2.75) is 13.1 Å². The maximum atomic E-state index is 13.7. The Hall–Kier alpha value is -2.57. The van der Waals surface area contributed by atoms with Gasteiger partial charge in [-0.05, 0) is 30.7 Å². The van der Waals surface area contributed by atoms with E-state index >= 15 is 0 Å². The Kier molecular flexibility index (Phi) is 3.48. The molecule has 1 atom stereocenters. The summed E-state index contributed by atoms with van der Waals surface area (Å²) in [5.74, 6) is -0.181. The third-order valence-corrected chi connectivity index (χ3v) is 3.50. The van der Waals surface area contributed by atoms with Crippen molar-refractivity contribution >= 4 is 5.97 Å². The Balaban J connectivity index is 2.20. The number of carboxylic acid groups (broad SMARTS) is 1. The van der Waals surface area contributed by atoms with E-state index in [2.05, 4.69) is 5.10 Å². The summed E-state index contributed by atoms with van der Waals surface area (Å²) in [6.45, 7) is 2.21. The first-order valence-corrected chi connectivity index (χ1v) is 6.82. The Bertz CT molecular complexity index is 739. The molecule has 0 radical (unpaired) electrons. The molecule has 1 N–H and O–H groups in total. The molecule has 116 valence electrons. The fourth-order valence-electron chi connectivity index (χ4n) is 2.42. The van der Waals surface area contributed by atoms with Gasteiger partial charge in [-0.2, -0.15) is 5.10 Å². The smallest absolute Gasteiger partial charge is 0.356 e. The van der Waals surface area contributed by atoms with E-state index < -0.39 is 12.1 Å². The number of aryl methyl sites for hydroxylation is 1. The molecule has 3 rings (SSSR count). The number of benzene rings is 1. The number of alkyl halides is 1. The highest BCUT2D eigenvalue weighted by molar-refractivity contribution is 5.87. The molecule has 2 aromatic rings. The normalized spacial score (nSPS) is 14.7. The van der Waals surface area contributed by atoms with Crippen molar-refractivity contribution in [3.63, 3.8) is 0 Å². The predicted octanol–water partition coefficient (Wildman–Crippen LogP) is 2.59. The molecule has 0 saturated carbocycles. The second-order valence-corrected chi connectivity index (χ2v) is 5.05. The van der Waals surface area contributed by atoms with Crippen LogP contribution in [0, 0.1) is 0 Å². The molecular formula is C15H15FN2O4. The van der Waals surface area contributed by atoms with Crippen LogP contribution in [0.3, 0.4) is 0 Å². The van der Waals surface area contributed by atoms with Crippen LogP contribution in [-0.2, 0) is 7.05 Å². The lowest BCUT2D eigenvalue weighted by atomic mass is 10.0. The van der Waals surface area contributed by atoms with Crippen molar-refractivity contribution in [2.24, 2.45) is 7.05 Å². The fraction of sp³-hybridized carbons (Fsp3) is 0.333. The number of aromatic nitrogens is 2. The zero-order chi connectivity index (χ0) is 15.9. The Morgan fingerprint density at radius 1 is 1.36 bits per heavy atom. The molecule has 6 nitrogen and oxygen atoms in total. The fourth-order valence-corrected chi connectivity index (χ4v) is 2.42. The van der Waals surface area contributed by atoms with Crippen LogP contribution in [0.25, 0.3) is 11.3 Å². The van der Waals surface area contributed by atoms with Crippen molar-refractivity contribution in [3.05, 3.63) is 29.5 Å². The highest BCUT2D eigenvalue weighted by atomic mass is 19.1. The summed E-state index contributed by atoms with van der Waals surface area (Å²) in [5, 5.41) is 13.0. The summed E-state index contributed by atoms with van der Waals surface area (Å²) < 4.78 is 26.3. The van der Waals surface area contributed by atoms with Gasteiger partial charge in [-0.3, -0.25) is 4.68 Å². The Morgan fingerprint density at radius 3 is 2.73 bits per heavy atom. The van der Waals surface area contributed by atoms with Gasteiger partial charge in [0.25, 0.3) is 0 Å². The number of fused-ring (bicyclic) bond motifs is 1. The summed E-state index contributed by atoms with van der Waals surface area (Å²) in [4.78, 5) is 11.1. The molecule has 0 saturated heterocycles. The summed E-state index contributed by atoms with van der Waals surface area (Å²) in [6.07, 6.45) is -1.18. The lowest BCUT2D eigenvalue weighted by molar-refractivity contribution is 0.0689. The first-order valence-electron chi connectivity index (χ1n) is 6.82. The topological polar surface area (TPSA) is 73.6 Å². The minimum absolute atomic E-state index is 0.0818. The van der Waals surface area contributed by atoms with Gasteiger partial charge in [-0.1, -0.05) is 0 Å². The Labute approximate surface area is 126 Å². The molecule has 1 aromatic heterocycles. The van der Waals surface area contributed by atoms with Gasteiger partial charge in [0.05, 0.1) is 5.69 Å². The molecule has 1 aromatic carbocycles. The molecule has 2 heterocycles. The zero-order valence-electron chi connectivity index (χ0n) is 12.2. The van der Waals surface area contributed by atoms with Gasteiger partial charge in [0.2, 0.25) is 0 Å². The van der Waals surface area contributed by atoms with Crippen molar-refractivity contribution in [1.29, 1.82) is 0 Å². The minimum atomic E-state index is -1.18. The van der Waals surface area contributed by atoms with Gasteiger partial charge in [0, 0.05) is 12.6 Å². The number of carbonyl (C=O) groups is 1. The number of halogens is 1. The summed E-state index contributed by atoms with van der Waals surface area (Å²) in [6, 6.07) is 4.68. The maximum Gasteiger partial charge on any atom is 0.356 e. The lowest BCUT2D eigenvalue weighted by Crippen LogP contribution is -2.16. The highest BCUT2D eigenvalue weighted by Gasteiger charge is 2.23. The molecule has 0 spiro atoms. The van der Waals surface area contributed by atoms with Crippen LogP contribution < -0.4 is 9.47 Å². The van der Waals surface area contributed by atoms with Crippen molar-refractivity contribution in [1.82, 2.24) is 9.78 Å². The number of rotatable bonds is 3. The van der Waals surface area contributed by atoms with Gasteiger partial charge < -0.3 is 14.6 Å². The van der Waals surface area contributed by atoms with E-state index in [-0.39, 0.29) is 5.69 Å².